The average Bonchev–Trinajstić information content (AvgIpc) is 2.74. The van der Waals surface area contributed by atoms with E-state index in [1.807, 2.05) is 16.7 Å². The van der Waals surface area contributed by atoms with Gasteiger partial charge < -0.3 is 20.1 Å². The Morgan fingerprint density at radius 2 is 1.77 bits per heavy atom. The molecule has 1 fully saturated rings. The van der Waals surface area contributed by atoms with Crippen LogP contribution < -0.4 is 16.2 Å². The van der Waals surface area contributed by atoms with Gasteiger partial charge in [0, 0.05) is 55.6 Å². The quantitative estimate of drug-likeness (QED) is 0.689. The van der Waals surface area contributed by atoms with E-state index in [-0.39, 0.29) is 29.0 Å². The molecule has 1 aromatic carbocycles. The molecule has 0 aliphatic carbocycles. The highest BCUT2D eigenvalue weighted by Crippen LogP contribution is 2.36. The standard InChI is InChI=1S/C22H24N4O3S2/c1-14(27)23-17-5-7-18(8-6-17)24-20(28)13-31-22(30)25-10-15-9-16(12-25)19-3-2-4-21(29)26(19)11-15/h2-8,15-16H,9-13H2,1H3,(H,23,27)(H,24,28)/t15-,16+/m0/s1. The van der Waals surface area contributed by atoms with Crippen molar-refractivity contribution < 1.29 is 9.59 Å². The van der Waals surface area contributed by atoms with E-state index in [9.17, 15) is 14.4 Å². The number of thiocarbonyl (C=S) groups is 1. The number of nitrogens with one attached hydrogen (secondary N) is 2. The third-order valence-corrected chi connectivity index (χ3v) is 7.08. The Hall–Kier alpha value is -2.65. The van der Waals surface area contributed by atoms with Gasteiger partial charge >= 0.3 is 0 Å². The lowest BCUT2D eigenvalue weighted by molar-refractivity contribution is -0.114. The van der Waals surface area contributed by atoms with Crippen molar-refractivity contribution in [1.29, 1.82) is 0 Å². The molecule has 9 heteroatoms. The lowest BCUT2D eigenvalue weighted by Gasteiger charge is -2.43. The second-order valence-corrected chi connectivity index (χ2v) is 9.57. The predicted octanol–water partition coefficient (Wildman–Crippen LogP) is 2.88. The van der Waals surface area contributed by atoms with Crippen molar-refractivity contribution in [3.05, 3.63) is 58.5 Å². The number of carbonyl (C=O) groups is 2. The first-order valence-corrected chi connectivity index (χ1v) is 11.6. The molecular weight excluding hydrogens is 432 g/mol. The van der Waals surface area contributed by atoms with Gasteiger partial charge in [-0.1, -0.05) is 30.0 Å². The van der Waals surface area contributed by atoms with Crippen LogP contribution in [0, 0.1) is 5.92 Å². The van der Waals surface area contributed by atoms with Crippen LogP contribution in [0.3, 0.4) is 0 Å². The van der Waals surface area contributed by atoms with E-state index in [0.717, 1.165) is 36.1 Å². The molecular formula is C22H24N4O3S2. The van der Waals surface area contributed by atoms with Crippen molar-refractivity contribution in [3.63, 3.8) is 0 Å². The summed E-state index contributed by atoms with van der Waals surface area (Å²) in [6.45, 7) is 3.77. The molecule has 1 aromatic heterocycles. The number of anilines is 2. The topological polar surface area (TPSA) is 83.4 Å². The summed E-state index contributed by atoms with van der Waals surface area (Å²) in [5.41, 5.74) is 2.50. The summed E-state index contributed by atoms with van der Waals surface area (Å²) in [6, 6.07) is 12.5. The summed E-state index contributed by atoms with van der Waals surface area (Å²) in [4.78, 5) is 37.8. The molecule has 2 atom stereocenters. The van der Waals surface area contributed by atoms with Gasteiger partial charge in [0.25, 0.3) is 5.56 Å². The number of piperidine rings is 1. The number of hydrogen-bond donors (Lipinski definition) is 2. The van der Waals surface area contributed by atoms with Crippen LogP contribution in [0.25, 0.3) is 0 Å². The molecule has 2 aromatic rings. The van der Waals surface area contributed by atoms with Gasteiger partial charge in [0.15, 0.2) is 0 Å². The van der Waals surface area contributed by atoms with Crippen LogP contribution in [0.2, 0.25) is 0 Å². The number of nitrogens with zero attached hydrogens (tertiary/aromatic N) is 2. The first-order chi connectivity index (χ1) is 14.9. The van der Waals surface area contributed by atoms with Gasteiger partial charge in [-0.15, -0.1) is 0 Å². The summed E-state index contributed by atoms with van der Waals surface area (Å²) >= 11 is 6.98. The van der Waals surface area contributed by atoms with Gasteiger partial charge in [-0.3, -0.25) is 14.4 Å². The zero-order chi connectivity index (χ0) is 22.0. The minimum absolute atomic E-state index is 0.0689. The van der Waals surface area contributed by atoms with Crippen LogP contribution in [-0.4, -0.2) is 44.4 Å². The van der Waals surface area contributed by atoms with Gasteiger partial charge in [-0.25, -0.2) is 0 Å². The molecule has 2 bridgehead atoms. The molecule has 162 valence electrons. The maximum atomic E-state index is 12.3. The fraction of sp³-hybridized carbons (Fsp3) is 0.364. The Labute approximate surface area is 190 Å². The van der Waals surface area contributed by atoms with Crippen molar-refractivity contribution in [3.8, 4) is 0 Å². The molecule has 2 N–H and O–H groups in total. The maximum Gasteiger partial charge on any atom is 0.250 e. The number of amides is 2. The van der Waals surface area contributed by atoms with Crippen LogP contribution in [-0.2, 0) is 16.1 Å². The zero-order valence-electron chi connectivity index (χ0n) is 17.2. The Kier molecular flexibility index (Phi) is 6.43. The molecule has 2 aliphatic rings. The number of pyridine rings is 1. The largest absolute Gasteiger partial charge is 0.356 e. The van der Waals surface area contributed by atoms with Crippen molar-refractivity contribution in [2.45, 2.75) is 25.8 Å². The van der Waals surface area contributed by atoms with E-state index in [1.165, 1.54) is 18.7 Å². The minimum Gasteiger partial charge on any atom is -0.356 e. The number of aromatic nitrogens is 1. The number of hydrogen-bond acceptors (Lipinski definition) is 5. The molecule has 0 radical (unpaired) electrons. The van der Waals surface area contributed by atoms with Crippen molar-refractivity contribution >= 4 is 51.5 Å². The van der Waals surface area contributed by atoms with Gasteiger partial charge in [0.1, 0.15) is 4.32 Å². The van der Waals surface area contributed by atoms with Crippen molar-refractivity contribution in [2.24, 2.45) is 5.92 Å². The fourth-order valence-corrected chi connectivity index (χ4v) is 5.29. The highest BCUT2D eigenvalue weighted by molar-refractivity contribution is 8.23. The summed E-state index contributed by atoms with van der Waals surface area (Å²) in [6.07, 6.45) is 1.07. The molecule has 4 rings (SSSR count). The summed E-state index contributed by atoms with van der Waals surface area (Å²) in [7, 11) is 0. The molecule has 0 spiro atoms. The molecule has 3 heterocycles. The highest BCUT2D eigenvalue weighted by Gasteiger charge is 2.35. The van der Waals surface area contributed by atoms with E-state index < -0.39 is 0 Å². The summed E-state index contributed by atoms with van der Waals surface area (Å²) in [5, 5.41) is 5.54. The van der Waals surface area contributed by atoms with Crippen LogP contribution in [0.4, 0.5) is 11.4 Å². The first kappa shape index (κ1) is 21.6. The zero-order valence-corrected chi connectivity index (χ0v) is 18.8. The second-order valence-electron chi connectivity index (χ2n) is 7.96. The number of likely N-dealkylation sites (tertiary alicyclic amines) is 1. The molecule has 7 nitrogen and oxygen atoms in total. The highest BCUT2D eigenvalue weighted by atomic mass is 32.2. The Morgan fingerprint density at radius 1 is 1.06 bits per heavy atom. The van der Waals surface area contributed by atoms with Crippen LogP contribution in [0.15, 0.2) is 47.3 Å². The molecule has 31 heavy (non-hydrogen) atoms. The lowest BCUT2D eigenvalue weighted by atomic mass is 9.83. The molecule has 0 saturated carbocycles. The number of benzene rings is 1. The van der Waals surface area contributed by atoms with E-state index in [2.05, 4.69) is 15.5 Å². The number of thioether (sulfide) groups is 1. The lowest BCUT2D eigenvalue weighted by Crippen LogP contribution is -2.48. The second kappa shape index (κ2) is 9.23. The van der Waals surface area contributed by atoms with E-state index >= 15 is 0 Å². The molecule has 0 unspecified atom stereocenters. The smallest absolute Gasteiger partial charge is 0.250 e. The Bertz CT molecular complexity index is 1070. The van der Waals surface area contributed by atoms with Crippen molar-refractivity contribution in [1.82, 2.24) is 9.47 Å². The van der Waals surface area contributed by atoms with Gasteiger partial charge in [0.2, 0.25) is 11.8 Å². The number of carbonyl (C=O) groups excluding carboxylic acids is 2. The molecule has 2 amide bonds. The minimum atomic E-state index is -0.140. The van der Waals surface area contributed by atoms with E-state index in [1.54, 1.807) is 30.3 Å². The van der Waals surface area contributed by atoms with Crippen LogP contribution in [0.1, 0.15) is 25.0 Å². The molecule has 1 saturated heterocycles. The van der Waals surface area contributed by atoms with Crippen molar-refractivity contribution in [2.75, 3.05) is 29.5 Å². The van der Waals surface area contributed by atoms with Gasteiger partial charge in [-0.2, -0.15) is 0 Å². The summed E-state index contributed by atoms with van der Waals surface area (Å²) < 4.78 is 2.62. The van der Waals surface area contributed by atoms with Crippen LogP contribution in [0.5, 0.6) is 0 Å². The Morgan fingerprint density at radius 3 is 2.48 bits per heavy atom. The summed E-state index contributed by atoms with van der Waals surface area (Å²) in [5.74, 6) is 0.637. The fourth-order valence-electron chi connectivity index (χ4n) is 4.30. The van der Waals surface area contributed by atoms with Crippen LogP contribution >= 0.6 is 24.0 Å². The normalized spacial score (nSPS) is 19.3. The third kappa shape index (κ3) is 5.16. The maximum absolute atomic E-state index is 12.3. The number of fused-ring (bicyclic) bond motifs is 4. The average molecular weight is 457 g/mol. The molecule has 2 aliphatic heterocycles. The Balaban J connectivity index is 1.30. The van der Waals surface area contributed by atoms with E-state index in [0.29, 0.717) is 17.3 Å². The van der Waals surface area contributed by atoms with Gasteiger partial charge in [0.05, 0.1) is 5.75 Å². The third-order valence-electron chi connectivity index (χ3n) is 5.55. The van der Waals surface area contributed by atoms with E-state index in [4.69, 9.17) is 12.2 Å². The first-order valence-electron chi connectivity index (χ1n) is 10.2. The van der Waals surface area contributed by atoms with Gasteiger partial charge in [-0.05, 0) is 42.7 Å². The predicted molar refractivity (Wildman–Crippen MR) is 128 cm³/mol. The SMILES string of the molecule is CC(=O)Nc1ccc(NC(=O)CSC(=S)N2C[C@@H]3C[C@H](C2)c2cccc(=O)n2C3)cc1. The monoisotopic (exact) mass is 456 g/mol. The number of rotatable bonds is 4.